The molecule has 0 saturated heterocycles. The molecule has 0 bridgehead atoms. The van der Waals surface area contributed by atoms with E-state index in [2.05, 4.69) is 19.2 Å². The van der Waals surface area contributed by atoms with Crippen LogP contribution >= 0.6 is 11.6 Å². The van der Waals surface area contributed by atoms with Gasteiger partial charge < -0.3 is 14.8 Å². The van der Waals surface area contributed by atoms with Crippen LogP contribution in [-0.4, -0.2) is 20.3 Å². The van der Waals surface area contributed by atoms with E-state index in [0.717, 1.165) is 12.1 Å². The molecule has 0 aliphatic carbocycles. The minimum Gasteiger partial charge on any atom is -0.493 e. The molecule has 1 aromatic rings. The lowest BCUT2D eigenvalue weighted by Crippen LogP contribution is -2.25. The molecule has 1 unspecified atom stereocenters. The number of unbranched alkanes of at least 4 members (excludes halogenated alkanes) is 3. The first-order chi connectivity index (χ1) is 10.1. The highest BCUT2D eigenvalue weighted by atomic mass is 35.5. The molecule has 0 aliphatic heterocycles. The zero-order valence-electron chi connectivity index (χ0n) is 13.7. The van der Waals surface area contributed by atoms with Crippen LogP contribution in [-0.2, 0) is 6.54 Å². The van der Waals surface area contributed by atoms with Gasteiger partial charge >= 0.3 is 0 Å². The first-order valence-electron chi connectivity index (χ1n) is 7.76. The van der Waals surface area contributed by atoms with Crippen LogP contribution < -0.4 is 14.8 Å². The minimum absolute atomic E-state index is 0.492. The number of halogens is 1. The van der Waals surface area contributed by atoms with Gasteiger partial charge in [0.05, 0.1) is 19.2 Å². The van der Waals surface area contributed by atoms with E-state index in [4.69, 9.17) is 21.1 Å². The van der Waals surface area contributed by atoms with Gasteiger partial charge in [0.25, 0.3) is 0 Å². The van der Waals surface area contributed by atoms with Gasteiger partial charge in [0.1, 0.15) is 0 Å². The van der Waals surface area contributed by atoms with Gasteiger partial charge in [0.15, 0.2) is 11.5 Å². The number of benzene rings is 1. The summed E-state index contributed by atoms with van der Waals surface area (Å²) in [6.07, 6.45) is 6.41. The first-order valence-corrected chi connectivity index (χ1v) is 8.14. The van der Waals surface area contributed by atoms with Crippen LogP contribution in [0.4, 0.5) is 0 Å². The smallest absolute Gasteiger partial charge is 0.179 e. The maximum absolute atomic E-state index is 6.38. The average Bonchev–Trinajstić information content (AvgIpc) is 2.50. The third-order valence-electron chi connectivity index (χ3n) is 3.70. The summed E-state index contributed by atoms with van der Waals surface area (Å²) < 4.78 is 10.6. The molecule has 1 atom stereocenters. The Morgan fingerprint density at radius 1 is 1.14 bits per heavy atom. The summed E-state index contributed by atoms with van der Waals surface area (Å²) >= 11 is 6.38. The fraction of sp³-hybridized carbons (Fsp3) is 0.647. The first kappa shape index (κ1) is 18.1. The van der Waals surface area contributed by atoms with Gasteiger partial charge in [-0.05, 0) is 25.0 Å². The van der Waals surface area contributed by atoms with Gasteiger partial charge in [-0.3, -0.25) is 0 Å². The molecule has 21 heavy (non-hydrogen) atoms. The van der Waals surface area contributed by atoms with Crippen molar-refractivity contribution < 1.29 is 9.47 Å². The molecule has 4 heteroatoms. The molecule has 0 aromatic heterocycles. The van der Waals surface area contributed by atoms with Crippen LogP contribution in [0.1, 0.15) is 51.5 Å². The van der Waals surface area contributed by atoms with Crippen LogP contribution in [0.2, 0.25) is 5.02 Å². The van der Waals surface area contributed by atoms with Crippen LogP contribution in [0.5, 0.6) is 11.5 Å². The Labute approximate surface area is 134 Å². The molecule has 0 amide bonds. The summed E-state index contributed by atoms with van der Waals surface area (Å²) in [6, 6.07) is 4.37. The van der Waals surface area contributed by atoms with Crippen molar-refractivity contribution in [1.82, 2.24) is 5.32 Å². The number of hydrogen-bond acceptors (Lipinski definition) is 3. The molecule has 0 heterocycles. The van der Waals surface area contributed by atoms with Crippen LogP contribution in [0.25, 0.3) is 0 Å². The van der Waals surface area contributed by atoms with E-state index in [0.29, 0.717) is 22.6 Å². The molecule has 1 N–H and O–H groups in total. The van der Waals surface area contributed by atoms with E-state index in [1.807, 2.05) is 12.1 Å². The number of ether oxygens (including phenoxy) is 2. The molecule has 0 radical (unpaired) electrons. The SMILES string of the molecule is CCCCCCC(C)NCc1ccc(OC)c(OC)c1Cl. The number of methoxy groups -OCH3 is 2. The molecular formula is C17H28ClNO2. The highest BCUT2D eigenvalue weighted by Crippen LogP contribution is 2.37. The Kier molecular flexibility index (Phi) is 8.55. The molecule has 1 aromatic carbocycles. The molecule has 0 saturated carbocycles. The van der Waals surface area contributed by atoms with Crippen molar-refractivity contribution in [1.29, 1.82) is 0 Å². The van der Waals surface area contributed by atoms with Crippen LogP contribution in [0.15, 0.2) is 12.1 Å². The van der Waals surface area contributed by atoms with E-state index in [1.54, 1.807) is 14.2 Å². The third kappa shape index (κ3) is 5.76. The van der Waals surface area contributed by atoms with Crippen molar-refractivity contribution in [3.8, 4) is 11.5 Å². The predicted molar refractivity (Wildman–Crippen MR) is 89.6 cm³/mol. The molecule has 0 aliphatic rings. The number of rotatable bonds is 10. The fourth-order valence-electron chi connectivity index (χ4n) is 2.33. The zero-order chi connectivity index (χ0) is 15.7. The normalized spacial score (nSPS) is 12.2. The maximum atomic E-state index is 6.38. The largest absolute Gasteiger partial charge is 0.493 e. The maximum Gasteiger partial charge on any atom is 0.179 e. The van der Waals surface area contributed by atoms with Crippen molar-refractivity contribution in [3.63, 3.8) is 0 Å². The topological polar surface area (TPSA) is 30.5 Å². The van der Waals surface area contributed by atoms with Gasteiger partial charge in [-0.15, -0.1) is 0 Å². The van der Waals surface area contributed by atoms with E-state index >= 15 is 0 Å². The van der Waals surface area contributed by atoms with Gasteiger partial charge in [-0.1, -0.05) is 50.3 Å². The fourth-order valence-corrected chi connectivity index (χ4v) is 2.63. The lowest BCUT2D eigenvalue weighted by Gasteiger charge is -2.16. The Morgan fingerprint density at radius 2 is 1.90 bits per heavy atom. The number of hydrogen-bond donors (Lipinski definition) is 1. The van der Waals surface area contributed by atoms with E-state index in [-0.39, 0.29) is 0 Å². The van der Waals surface area contributed by atoms with Crippen molar-refractivity contribution in [2.24, 2.45) is 0 Å². The molecule has 0 fully saturated rings. The lowest BCUT2D eigenvalue weighted by molar-refractivity contribution is 0.354. The lowest BCUT2D eigenvalue weighted by atomic mass is 10.1. The van der Waals surface area contributed by atoms with Crippen molar-refractivity contribution in [3.05, 3.63) is 22.7 Å². The Morgan fingerprint density at radius 3 is 2.52 bits per heavy atom. The van der Waals surface area contributed by atoms with Crippen molar-refractivity contribution >= 4 is 11.6 Å². The third-order valence-corrected chi connectivity index (χ3v) is 4.11. The summed E-state index contributed by atoms with van der Waals surface area (Å²) in [6.45, 7) is 5.20. The summed E-state index contributed by atoms with van der Waals surface area (Å²) in [5.74, 6) is 1.27. The minimum atomic E-state index is 0.492. The Bertz CT molecular complexity index is 423. The van der Waals surface area contributed by atoms with E-state index in [1.165, 1.54) is 32.1 Å². The molecule has 3 nitrogen and oxygen atoms in total. The highest BCUT2D eigenvalue weighted by Gasteiger charge is 2.13. The molecular weight excluding hydrogens is 286 g/mol. The Balaban J connectivity index is 2.51. The highest BCUT2D eigenvalue weighted by molar-refractivity contribution is 6.33. The zero-order valence-corrected chi connectivity index (χ0v) is 14.4. The predicted octanol–water partition coefficient (Wildman–Crippen LogP) is 4.81. The van der Waals surface area contributed by atoms with Gasteiger partial charge in [0, 0.05) is 12.6 Å². The summed E-state index contributed by atoms with van der Waals surface area (Å²) in [5.41, 5.74) is 1.04. The Hall–Kier alpha value is -0.930. The van der Waals surface area contributed by atoms with Crippen molar-refractivity contribution in [2.75, 3.05) is 14.2 Å². The van der Waals surface area contributed by atoms with Gasteiger partial charge in [0.2, 0.25) is 0 Å². The quantitative estimate of drug-likeness (QED) is 0.629. The summed E-state index contributed by atoms with van der Waals surface area (Å²) in [5, 5.41) is 4.15. The van der Waals surface area contributed by atoms with E-state index < -0.39 is 0 Å². The second-order valence-electron chi connectivity index (χ2n) is 5.41. The van der Waals surface area contributed by atoms with Gasteiger partial charge in [-0.25, -0.2) is 0 Å². The summed E-state index contributed by atoms with van der Waals surface area (Å²) in [7, 11) is 3.22. The van der Waals surface area contributed by atoms with Gasteiger partial charge in [-0.2, -0.15) is 0 Å². The van der Waals surface area contributed by atoms with Crippen LogP contribution in [0, 0.1) is 0 Å². The monoisotopic (exact) mass is 313 g/mol. The summed E-state index contributed by atoms with van der Waals surface area (Å²) in [4.78, 5) is 0. The molecule has 0 spiro atoms. The van der Waals surface area contributed by atoms with E-state index in [9.17, 15) is 0 Å². The average molecular weight is 314 g/mol. The van der Waals surface area contributed by atoms with Crippen LogP contribution in [0.3, 0.4) is 0 Å². The van der Waals surface area contributed by atoms with Crippen molar-refractivity contribution in [2.45, 2.75) is 58.5 Å². The molecule has 120 valence electrons. The second kappa shape index (κ2) is 9.91. The second-order valence-corrected chi connectivity index (χ2v) is 5.78. The molecule has 1 rings (SSSR count). The number of nitrogens with one attached hydrogen (secondary N) is 1. The standard InChI is InChI=1S/C17H28ClNO2/c1-5-6-7-8-9-13(2)19-12-14-10-11-15(20-3)17(21-4)16(14)18/h10-11,13,19H,5-9,12H2,1-4H3.